The van der Waals surface area contributed by atoms with E-state index in [1.807, 2.05) is 36.4 Å². The fourth-order valence-electron chi connectivity index (χ4n) is 1.78. The summed E-state index contributed by atoms with van der Waals surface area (Å²) in [5.74, 6) is -0.296. The Morgan fingerprint density at radius 3 is 2.70 bits per heavy atom. The van der Waals surface area contributed by atoms with Crippen LogP contribution < -0.4 is 16.4 Å². The van der Waals surface area contributed by atoms with Gasteiger partial charge in [-0.25, -0.2) is 0 Å². The topological polar surface area (TPSA) is 90.9 Å². The first-order chi connectivity index (χ1) is 9.67. The predicted octanol–water partition coefficient (Wildman–Crippen LogP) is 2.17. The number of nitrogen functional groups attached to an aromatic ring is 1. The van der Waals surface area contributed by atoms with Crippen molar-refractivity contribution in [3.05, 3.63) is 46.3 Å². The fourth-order valence-corrected chi connectivity index (χ4v) is 2.69. The monoisotopic (exact) mass is 286 g/mol. The van der Waals surface area contributed by atoms with Crippen LogP contribution in [-0.2, 0) is 6.54 Å². The molecule has 0 aliphatic rings. The lowest BCUT2D eigenvalue weighted by Gasteiger charge is -2.07. The standard InChI is InChI=1S/C14H14N4OS/c1-17-13(19)11-12(16)10(7-15)20-14(11)18-8-9-5-3-2-4-6-9/h2-6,18H,8,16H2,1H3,(H,17,19). The average molecular weight is 286 g/mol. The van der Waals surface area contributed by atoms with Gasteiger partial charge in [0, 0.05) is 13.6 Å². The summed E-state index contributed by atoms with van der Waals surface area (Å²) in [6.07, 6.45) is 0. The largest absolute Gasteiger partial charge is 0.396 e. The van der Waals surface area contributed by atoms with E-state index in [0.717, 1.165) is 5.56 Å². The molecule has 0 spiro atoms. The molecule has 0 saturated heterocycles. The van der Waals surface area contributed by atoms with Crippen molar-refractivity contribution in [2.45, 2.75) is 6.54 Å². The fraction of sp³-hybridized carbons (Fsp3) is 0.143. The highest BCUT2D eigenvalue weighted by Gasteiger charge is 2.21. The van der Waals surface area contributed by atoms with Crippen molar-refractivity contribution in [2.75, 3.05) is 18.1 Å². The van der Waals surface area contributed by atoms with Crippen LogP contribution in [0.3, 0.4) is 0 Å². The summed E-state index contributed by atoms with van der Waals surface area (Å²) in [5.41, 5.74) is 7.50. The number of nitrogens with two attached hydrogens (primary N) is 1. The molecule has 2 aromatic rings. The molecule has 0 radical (unpaired) electrons. The van der Waals surface area contributed by atoms with Crippen LogP contribution in [0, 0.1) is 11.3 Å². The van der Waals surface area contributed by atoms with Crippen LogP contribution in [0.4, 0.5) is 10.7 Å². The molecule has 5 nitrogen and oxygen atoms in total. The molecule has 4 N–H and O–H groups in total. The maximum atomic E-state index is 11.9. The molecule has 0 fully saturated rings. The smallest absolute Gasteiger partial charge is 0.256 e. The van der Waals surface area contributed by atoms with E-state index in [9.17, 15) is 4.79 Å². The van der Waals surface area contributed by atoms with Crippen LogP contribution in [0.15, 0.2) is 30.3 Å². The van der Waals surface area contributed by atoms with Crippen LogP contribution in [0.2, 0.25) is 0 Å². The molecule has 0 unspecified atom stereocenters. The molecule has 0 aliphatic carbocycles. The van der Waals surface area contributed by atoms with Gasteiger partial charge in [-0.05, 0) is 5.56 Å². The van der Waals surface area contributed by atoms with Gasteiger partial charge in [0.25, 0.3) is 5.91 Å². The van der Waals surface area contributed by atoms with E-state index in [4.69, 9.17) is 11.0 Å². The first-order valence-corrected chi connectivity index (χ1v) is 6.81. The van der Waals surface area contributed by atoms with Gasteiger partial charge in [-0.1, -0.05) is 30.3 Å². The number of carbonyl (C=O) groups excluding carboxylic acids is 1. The van der Waals surface area contributed by atoms with Crippen LogP contribution in [0.5, 0.6) is 0 Å². The first kappa shape index (κ1) is 13.9. The maximum absolute atomic E-state index is 11.9. The van der Waals surface area contributed by atoms with Crippen LogP contribution in [-0.4, -0.2) is 13.0 Å². The number of anilines is 2. The second-order valence-electron chi connectivity index (χ2n) is 4.08. The zero-order valence-electron chi connectivity index (χ0n) is 10.9. The van der Waals surface area contributed by atoms with Crippen LogP contribution in [0.25, 0.3) is 0 Å². The molecule has 102 valence electrons. The number of hydrogen-bond donors (Lipinski definition) is 3. The Labute approximate surface area is 121 Å². The molecule has 0 saturated carbocycles. The molecular weight excluding hydrogens is 272 g/mol. The van der Waals surface area contributed by atoms with Crippen molar-refractivity contribution in [3.8, 4) is 6.07 Å². The molecular formula is C14H14N4OS. The summed E-state index contributed by atoms with van der Waals surface area (Å²) in [6, 6.07) is 11.8. The Balaban J connectivity index is 2.27. The molecule has 0 aliphatic heterocycles. The minimum atomic E-state index is -0.296. The second-order valence-corrected chi connectivity index (χ2v) is 5.10. The first-order valence-electron chi connectivity index (χ1n) is 5.99. The van der Waals surface area contributed by atoms with Gasteiger partial charge in [0.05, 0.1) is 11.3 Å². The van der Waals surface area contributed by atoms with Crippen molar-refractivity contribution in [1.29, 1.82) is 5.26 Å². The van der Waals surface area contributed by atoms with Gasteiger partial charge >= 0.3 is 0 Å². The highest BCUT2D eigenvalue weighted by molar-refractivity contribution is 7.17. The molecule has 0 bridgehead atoms. The zero-order valence-corrected chi connectivity index (χ0v) is 11.8. The SMILES string of the molecule is CNC(=O)c1c(NCc2ccccc2)sc(C#N)c1N. The minimum absolute atomic E-state index is 0.229. The third-order valence-corrected chi connectivity index (χ3v) is 3.86. The van der Waals surface area contributed by atoms with E-state index in [1.54, 1.807) is 0 Å². The third-order valence-electron chi connectivity index (χ3n) is 2.80. The molecule has 2 rings (SSSR count). The normalized spacial score (nSPS) is 9.80. The molecule has 6 heteroatoms. The number of nitrogens with zero attached hydrogens (tertiary/aromatic N) is 1. The van der Waals surface area contributed by atoms with E-state index in [2.05, 4.69) is 10.6 Å². The Bertz CT molecular complexity index is 658. The summed E-state index contributed by atoms with van der Waals surface area (Å²) in [5, 5.41) is 15.3. The van der Waals surface area contributed by atoms with E-state index in [0.29, 0.717) is 22.0 Å². The molecule has 1 amide bonds. The number of benzene rings is 1. The number of nitrogens with one attached hydrogen (secondary N) is 2. The van der Waals surface area contributed by atoms with Crippen molar-refractivity contribution < 1.29 is 4.79 Å². The van der Waals surface area contributed by atoms with E-state index in [-0.39, 0.29) is 11.6 Å². The number of carbonyl (C=O) groups is 1. The molecule has 0 atom stereocenters. The van der Waals surface area contributed by atoms with Crippen LogP contribution in [0.1, 0.15) is 20.8 Å². The summed E-state index contributed by atoms with van der Waals surface area (Å²) in [6.45, 7) is 0.565. The number of nitriles is 1. The Morgan fingerprint density at radius 2 is 2.10 bits per heavy atom. The van der Waals surface area contributed by atoms with Crippen LogP contribution >= 0.6 is 11.3 Å². The maximum Gasteiger partial charge on any atom is 0.256 e. The van der Waals surface area contributed by atoms with Crippen molar-refractivity contribution in [2.24, 2.45) is 0 Å². The summed E-state index contributed by atoms with van der Waals surface area (Å²) >= 11 is 1.19. The van der Waals surface area contributed by atoms with Gasteiger partial charge in [-0.3, -0.25) is 4.79 Å². The van der Waals surface area contributed by atoms with Crippen molar-refractivity contribution in [3.63, 3.8) is 0 Å². The molecule has 20 heavy (non-hydrogen) atoms. The number of hydrogen-bond acceptors (Lipinski definition) is 5. The van der Waals surface area contributed by atoms with E-state index in [1.165, 1.54) is 18.4 Å². The number of amides is 1. The quantitative estimate of drug-likeness (QED) is 0.803. The lowest BCUT2D eigenvalue weighted by Crippen LogP contribution is -2.20. The second kappa shape index (κ2) is 6.08. The molecule has 1 aromatic carbocycles. The van der Waals surface area contributed by atoms with Gasteiger partial charge < -0.3 is 16.4 Å². The number of rotatable bonds is 4. The molecule has 1 aromatic heterocycles. The van der Waals surface area contributed by atoms with Gasteiger partial charge in [0.1, 0.15) is 15.9 Å². The summed E-state index contributed by atoms with van der Waals surface area (Å²) in [7, 11) is 1.53. The third kappa shape index (κ3) is 2.73. The van der Waals surface area contributed by atoms with Crippen molar-refractivity contribution in [1.82, 2.24) is 5.32 Å². The zero-order chi connectivity index (χ0) is 14.5. The Kier molecular flexibility index (Phi) is 4.23. The highest BCUT2D eigenvalue weighted by Crippen LogP contribution is 2.35. The summed E-state index contributed by atoms with van der Waals surface area (Å²) < 4.78 is 0. The van der Waals surface area contributed by atoms with Gasteiger partial charge in [0.15, 0.2) is 0 Å². The lowest BCUT2D eigenvalue weighted by molar-refractivity contribution is 0.0965. The van der Waals surface area contributed by atoms with E-state index < -0.39 is 0 Å². The van der Waals surface area contributed by atoms with Gasteiger partial charge in [0.2, 0.25) is 0 Å². The minimum Gasteiger partial charge on any atom is -0.396 e. The van der Waals surface area contributed by atoms with Crippen molar-refractivity contribution >= 4 is 27.9 Å². The Hall–Kier alpha value is -2.52. The lowest BCUT2D eigenvalue weighted by atomic mass is 10.2. The highest BCUT2D eigenvalue weighted by atomic mass is 32.1. The Morgan fingerprint density at radius 1 is 1.40 bits per heavy atom. The van der Waals surface area contributed by atoms with E-state index >= 15 is 0 Å². The van der Waals surface area contributed by atoms with Gasteiger partial charge in [-0.15, -0.1) is 11.3 Å². The average Bonchev–Trinajstić information content (AvgIpc) is 2.81. The number of thiophene rings is 1. The molecule has 1 heterocycles. The summed E-state index contributed by atoms with van der Waals surface area (Å²) in [4.78, 5) is 12.2. The predicted molar refractivity (Wildman–Crippen MR) is 80.6 cm³/mol. The van der Waals surface area contributed by atoms with Gasteiger partial charge in [-0.2, -0.15) is 5.26 Å².